The maximum atomic E-state index is 10.9. The van der Waals surface area contributed by atoms with Crippen molar-refractivity contribution in [3.05, 3.63) is 47.4 Å². The molecule has 3 nitrogen and oxygen atoms in total. The summed E-state index contributed by atoms with van der Waals surface area (Å²) in [6.45, 7) is 4.50. The number of carbonyl (C=O) groups is 1. The minimum absolute atomic E-state index is 0.239. The smallest absolute Gasteiger partial charge is 0.309 e. The fraction of sp³-hybridized carbons (Fsp3) is 0.250. The number of methoxy groups -OCH3 is 1. The first kappa shape index (κ1) is 12.5. The molecule has 1 aromatic rings. The minimum atomic E-state index is -0.239. The van der Waals surface area contributed by atoms with Gasteiger partial charge in [0.2, 0.25) is 0 Å². The molecule has 1 aromatic heterocycles. The van der Waals surface area contributed by atoms with E-state index in [1.165, 1.54) is 12.0 Å². The van der Waals surface area contributed by atoms with E-state index in [1.807, 2.05) is 22.5 Å². The predicted molar refractivity (Wildman–Crippen MR) is 65.8 cm³/mol. The first-order chi connectivity index (χ1) is 7.76. The molecular formula is C12H15NO2S. The van der Waals surface area contributed by atoms with Gasteiger partial charge in [0.15, 0.2) is 0 Å². The maximum Gasteiger partial charge on any atom is 0.309 e. The molecule has 86 valence electrons. The quantitative estimate of drug-likeness (QED) is 0.712. The third kappa shape index (κ3) is 4.31. The van der Waals surface area contributed by atoms with Gasteiger partial charge in [-0.25, -0.2) is 0 Å². The summed E-state index contributed by atoms with van der Waals surface area (Å²) in [5.41, 5.74) is 0. The van der Waals surface area contributed by atoms with E-state index in [2.05, 4.69) is 17.4 Å². The van der Waals surface area contributed by atoms with Crippen LogP contribution in [-0.2, 0) is 16.1 Å². The summed E-state index contributed by atoms with van der Waals surface area (Å²) in [4.78, 5) is 14.1. The molecule has 0 aliphatic heterocycles. The standard InChI is InChI=1S/C12H15NO2S/c1-3-13(8-4-7-12(14)15-2)10-11-6-5-9-16-11/h3-6,8-9H,1,7,10H2,2H3/b8-4-. The van der Waals surface area contributed by atoms with Gasteiger partial charge in [-0.1, -0.05) is 18.7 Å². The number of esters is 1. The number of nitrogens with zero attached hydrogens (tertiary/aromatic N) is 1. The van der Waals surface area contributed by atoms with Crippen LogP contribution in [0.25, 0.3) is 0 Å². The molecule has 0 radical (unpaired) electrons. The molecule has 0 atom stereocenters. The Bertz CT molecular complexity index is 357. The van der Waals surface area contributed by atoms with Gasteiger partial charge in [-0.2, -0.15) is 0 Å². The first-order valence-electron chi connectivity index (χ1n) is 4.90. The third-order valence-corrected chi connectivity index (χ3v) is 2.82. The summed E-state index contributed by atoms with van der Waals surface area (Å²) in [6.07, 6.45) is 5.61. The SMILES string of the molecule is C=CN(/C=C\CC(=O)OC)Cc1cccs1. The minimum Gasteiger partial charge on any atom is -0.469 e. The van der Waals surface area contributed by atoms with E-state index in [1.54, 1.807) is 23.6 Å². The molecule has 0 N–H and O–H groups in total. The van der Waals surface area contributed by atoms with Gasteiger partial charge in [0, 0.05) is 11.1 Å². The number of rotatable bonds is 6. The molecule has 0 aromatic carbocycles. The molecule has 0 aliphatic rings. The van der Waals surface area contributed by atoms with E-state index in [0.29, 0.717) is 0 Å². The highest BCUT2D eigenvalue weighted by Gasteiger charge is 1.99. The summed E-state index contributed by atoms with van der Waals surface area (Å²) in [6, 6.07) is 4.08. The molecule has 0 amide bonds. The molecule has 0 bridgehead atoms. The van der Waals surface area contributed by atoms with Crippen LogP contribution >= 0.6 is 11.3 Å². The van der Waals surface area contributed by atoms with E-state index in [9.17, 15) is 4.79 Å². The average Bonchev–Trinajstić information content (AvgIpc) is 2.80. The molecule has 1 rings (SSSR count). The van der Waals surface area contributed by atoms with Crippen molar-refractivity contribution in [2.24, 2.45) is 0 Å². The van der Waals surface area contributed by atoms with Gasteiger partial charge in [-0.05, 0) is 17.6 Å². The second-order valence-corrected chi connectivity index (χ2v) is 4.13. The van der Waals surface area contributed by atoms with Crippen molar-refractivity contribution in [1.82, 2.24) is 4.90 Å². The van der Waals surface area contributed by atoms with E-state index in [-0.39, 0.29) is 12.4 Å². The highest BCUT2D eigenvalue weighted by atomic mass is 32.1. The second kappa shape index (κ2) is 6.85. The van der Waals surface area contributed by atoms with Gasteiger partial charge < -0.3 is 9.64 Å². The molecule has 0 unspecified atom stereocenters. The summed E-state index contributed by atoms with van der Waals surface area (Å²) >= 11 is 1.70. The van der Waals surface area contributed by atoms with Crippen molar-refractivity contribution in [2.45, 2.75) is 13.0 Å². The molecule has 0 spiro atoms. The average molecular weight is 237 g/mol. The zero-order chi connectivity index (χ0) is 11.8. The topological polar surface area (TPSA) is 29.5 Å². The Labute approximate surface area is 99.6 Å². The number of carbonyl (C=O) groups excluding carboxylic acids is 1. The van der Waals surface area contributed by atoms with Gasteiger partial charge >= 0.3 is 5.97 Å². The molecule has 0 fully saturated rings. The summed E-state index contributed by atoms with van der Waals surface area (Å²) < 4.78 is 4.54. The van der Waals surface area contributed by atoms with Crippen LogP contribution in [0.2, 0.25) is 0 Å². The zero-order valence-electron chi connectivity index (χ0n) is 9.26. The van der Waals surface area contributed by atoms with Crippen molar-refractivity contribution in [1.29, 1.82) is 0 Å². The number of thiophene rings is 1. The van der Waals surface area contributed by atoms with Crippen LogP contribution in [0.4, 0.5) is 0 Å². The lowest BCUT2D eigenvalue weighted by Crippen LogP contribution is -2.07. The van der Waals surface area contributed by atoms with Crippen LogP contribution in [-0.4, -0.2) is 18.0 Å². The Morgan fingerprint density at radius 1 is 1.69 bits per heavy atom. The summed E-state index contributed by atoms with van der Waals surface area (Å²) in [5, 5.41) is 2.04. The van der Waals surface area contributed by atoms with E-state index >= 15 is 0 Å². The van der Waals surface area contributed by atoms with Crippen molar-refractivity contribution in [2.75, 3.05) is 7.11 Å². The predicted octanol–water partition coefficient (Wildman–Crippen LogP) is 2.77. The largest absolute Gasteiger partial charge is 0.469 e. The highest BCUT2D eigenvalue weighted by Crippen LogP contribution is 2.12. The fourth-order valence-corrected chi connectivity index (χ4v) is 1.84. The molecule has 0 aliphatic carbocycles. The van der Waals surface area contributed by atoms with Crippen molar-refractivity contribution in [3.63, 3.8) is 0 Å². The number of hydrogen-bond donors (Lipinski definition) is 0. The monoisotopic (exact) mass is 237 g/mol. The number of ether oxygens (including phenoxy) is 1. The van der Waals surface area contributed by atoms with Crippen molar-refractivity contribution >= 4 is 17.3 Å². The van der Waals surface area contributed by atoms with Crippen molar-refractivity contribution < 1.29 is 9.53 Å². The van der Waals surface area contributed by atoms with Crippen molar-refractivity contribution in [3.8, 4) is 0 Å². The van der Waals surface area contributed by atoms with E-state index in [0.717, 1.165) is 6.54 Å². The first-order valence-corrected chi connectivity index (χ1v) is 5.78. The Kier molecular flexibility index (Phi) is 5.36. The molecule has 0 saturated carbocycles. The van der Waals surface area contributed by atoms with Crippen LogP contribution in [0.15, 0.2) is 42.6 Å². The lowest BCUT2D eigenvalue weighted by molar-refractivity contribution is -0.139. The van der Waals surface area contributed by atoms with Crippen LogP contribution in [0.3, 0.4) is 0 Å². The zero-order valence-corrected chi connectivity index (χ0v) is 10.1. The molecule has 4 heteroatoms. The molecule has 16 heavy (non-hydrogen) atoms. The van der Waals surface area contributed by atoms with Crippen LogP contribution in [0, 0.1) is 0 Å². The molecular weight excluding hydrogens is 222 g/mol. The highest BCUT2D eigenvalue weighted by molar-refractivity contribution is 7.09. The van der Waals surface area contributed by atoms with Gasteiger partial charge in [0.1, 0.15) is 0 Å². The fourth-order valence-electron chi connectivity index (χ4n) is 1.13. The Balaban J connectivity index is 2.43. The second-order valence-electron chi connectivity index (χ2n) is 3.10. The van der Waals surface area contributed by atoms with E-state index < -0.39 is 0 Å². The van der Waals surface area contributed by atoms with Crippen LogP contribution in [0.1, 0.15) is 11.3 Å². The Morgan fingerprint density at radius 2 is 2.50 bits per heavy atom. The Hall–Kier alpha value is -1.55. The van der Waals surface area contributed by atoms with Gasteiger partial charge in [-0.3, -0.25) is 4.79 Å². The molecule has 0 saturated heterocycles. The van der Waals surface area contributed by atoms with E-state index in [4.69, 9.17) is 0 Å². The maximum absolute atomic E-state index is 10.9. The Morgan fingerprint density at radius 3 is 3.06 bits per heavy atom. The van der Waals surface area contributed by atoms with Gasteiger partial charge in [-0.15, -0.1) is 11.3 Å². The summed E-state index contributed by atoms with van der Waals surface area (Å²) in [5.74, 6) is -0.239. The normalized spacial score (nSPS) is 10.3. The third-order valence-electron chi connectivity index (χ3n) is 1.96. The van der Waals surface area contributed by atoms with Gasteiger partial charge in [0.05, 0.1) is 20.1 Å². The number of hydrogen-bond acceptors (Lipinski definition) is 4. The summed E-state index contributed by atoms with van der Waals surface area (Å²) in [7, 11) is 1.38. The van der Waals surface area contributed by atoms with Crippen LogP contribution in [0.5, 0.6) is 0 Å². The lowest BCUT2D eigenvalue weighted by Gasteiger charge is -2.13. The lowest BCUT2D eigenvalue weighted by atomic mass is 10.4. The molecule has 1 heterocycles. The van der Waals surface area contributed by atoms with Crippen LogP contribution < -0.4 is 0 Å². The van der Waals surface area contributed by atoms with Gasteiger partial charge in [0.25, 0.3) is 0 Å².